The lowest BCUT2D eigenvalue weighted by molar-refractivity contribution is -0.160. The molecule has 0 aliphatic carbocycles. The van der Waals surface area contributed by atoms with Crippen LogP contribution in [0.5, 0.6) is 5.75 Å². The Morgan fingerprint density at radius 3 is 2.32 bits per heavy atom. The number of piperidine rings is 2. The number of nitriles is 1. The van der Waals surface area contributed by atoms with Gasteiger partial charge in [-0.15, -0.1) is 0 Å². The van der Waals surface area contributed by atoms with Crippen molar-refractivity contribution in [2.24, 2.45) is 5.41 Å². The molecule has 2 saturated heterocycles. The highest BCUT2D eigenvalue weighted by atomic mass is 35.5. The molecule has 7 rings (SSSR count). The number of nitrogens with one attached hydrogen (secondary N) is 1. The lowest BCUT2D eigenvalue weighted by Crippen LogP contribution is -2.46. The number of carbonyl (C=O) groups excluding carboxylic acids is 1. The lowest BCUT2D eigenvalue weighted by Gasteiger charge is -2.47. The number of anilines is 1. The van der Waals surface area contributed by atoms with E-state index in [9.17, 15) is 10.1 Å². The van der Waals surface area contributed by atoms with E-state index in [1.54, 1.807) is 12.3 Å². The number of carbonyl (C=O) groups is 1. The number of fused-ring (bicyclic) bond motifs is 1. The number of ether oxygens (including phenoxy) is 3. The zero-order chi connectivity index (χ0) is 44.2. The van der Waals surface area contributed by atoms with E-state index >= 15 is 0 Å². The monoisotopic (exact) mass is 879 g/mol. The van der Waals surface area contributed by atoms with Crippen LogP contribution < -0.4 is 15.0 Å². The second-order valence-electron chi connectivity index (χ2n) is 18.9. The molecule has 11 nitrogen and oxygen atoms in total. The highest BCUT2D eigenvalue weighted by Gasteiger charge is 2.37. The number of benzene rings is 3. The SMILES string of the molecule is CN1CCC2(CC1)CCN(c1cccc(-c3cccc4c3cnn4Cc3cc(OCc4cncc(C#N)c4)c(CN[C@@H](COC(C)(C)C)C(=O)OC(C)(C)C)cc3Cl)c1Cl)CC2. The number of nitrogens with zero attached hydrogens (tertiary/aromatic N) is 6. The van der Waals surface area contributed by atoms with Gasteiger partial charge in [0.05, 0.1) is 46.7 Å². The Balaban J connectivity index is 1.15. The first kappa shape index (κ1) is 45.3. The van der Waals surface area contributed by atoms with Gasteiger partial charge in [-0.3, -0.25) is 19.8 Å². The predicted molar refractivity (Wildman–Crippen MR) is 247 cm³/mol. The third-order valence-electron chi connectivity index (χ3n) is 11.9. The Morgan fingerprint density at radius 2 is 1.61 bits per heavy atom. The molecule has 0 unspecified atom stereocenters. The number of likely N-dealkylation sites (tertiary alicyclic amines) is 1. The second kappa shape index (κ2) is 19.0. The Labute approximate surface area is 376 Å². The summed E-state index contributed by atoms with van der Waals surface area (Å²) < 4.78 is 20.2. The molecule has 2 aliphatic rings. The summed E-state index contributed by atoms with van der Waals surface area (Å²) in [6, 6.07) is 19.5. The molecule has 0 amide bonds. The van der Waals surface area contributed by atoms with Gasteiger partial charge in [0.2, 0.25) is 0 Å². The molecule has 13 heteroatoms. The third kappa shape index (κ3) is 11.1. The summed E-state index contributed by atoms with van der Waals surface area (Å²) in [4.78, 5) is 22.5. The average molecular weight is 881 g/mol. The summed E-state index contributed by atoms with van der Waals surface area (Å²) in [5, 5.41) is 20.0. The Bertz CT molecular complexity index is 2410. The zero-order valence-corrected chi connectivity index (χ0v) is 38.6. The van der Waals surface area contributed by atoms with Crippen LogP contribution in [-0.2, 0) is 34.0 Å². The summed E-state index contributed by atoms with van der Waals surface area (Å²) >= 11 is 14.4. The number of hydrogen-bond donors (Lipinski definition) is 1. The van der Waals surface area contributed by atoms with Gasteiger partial charge in [-0.1, -0.05) is 47.5 Å². The van der Waals surface area contributed by atoms with Gasteiger partial charge in [-0.2, -0.15) is 10.4 Å². The molecular formula is C49H59Cl2N7O4. The highest BCUT2D eigenvalue weighted by molar-refractivity contribution is 6.36. The minimum absolute atomic E-state index is 0.105. The maximum atomic E-state index is 13.4. The molecule has 3 aromatic carbocycles. The third-order valence-corrected chi connectivity index (χ3v) is 12.7. The standard InChI is InChI=1S/C49H59Cl2N7O4/c1-47(2,3)61-32-41(46(59)62-48(4,5)6)54-28-35-23-40(50)36(24-44(35)60-31-34-22-33(25-52)26-53-27-34)30-58-42-12-8-10-37(39(42)29-55-58)38-11-9-13-43(45(38)51)57-20-16-49(17-21-57)14-18-56(7)19-15-49/h8-13,22-24,26-27,29,41,54H,14-21,28,30-32H2,1-7H3/t41-/m0/s1. The fourth-order valence-corrected chi connectivity index (χ4v) is 8.97. The first-order valence-electron chi connectivity index (χ1n) is 21.5. The normalized spacial score (nSPS) is 16.4. The number of aromatic nitrogens is 3. The molecular weight excluding hydrogens is 821 g/mol. The van der Waals surface area contributed by atoms with Gasteiger partial charge in [0.15, 0.2) is 0 Å². The maximum Gasteiger partial charge on any atom is 0.326 e. The summed E-state index contributed by atoms with van der Waals surface area (Å²) in [5.41, 5.74) is 6.01. The van der Waals surface area contributed by atoms with Crippen LogP contribution in [0.2, 0.25) is 10.0 Å². The smallest absolute Gasteiger partial charge is 0.326 e. The molecule has 0 saturated carbocycles. The van der Waals surface area contributed by atoms with E-state index in [0.29, 0.717) is 28.3 Å². The molecule has 1 N–H and O–H groups in total. The van der Waals surface area contributed by atoms with Crippen LogP contribution in [0, 0.1) is 16.7 Å². The van der Waals surface area contributed by atoms with Crippen molar-refractivity contribution < 1.29 is 19.0 Å². The first-order valence-corrected chi connectivity index (χ1v) is 22.3. The maximum absolute atomic E-state index is 13.4. The molecule has 4 heterocycles. The lowest BCUT2D eigenvalue weighted by atomic mass is 9.71. The van der Waals surface area contributed by atoms with Crippen LogP contribution in [0.4, 0.5) is 5.69 Å². The van der Waals surface area contributed by atoms with E-state index in [1.807, 2.05) is 70.6 Å². The van der Waals surface area contributed by atoms with Crippen molar-refractivity contribution >= 4 is 45.8 Å². The predicted octanol–water partition coefficient (Wildman–Crippen LogP) is 9.83. The van der Waals surface area contributed by atoms with Crippen molar-refractivity contribution in [1.29, 1.82) is 5.26 Å². The fraction of sp³-hybridized carbons (Fsp3) is 0.469. The molecule has 328 valence electrons. The van der Waals surface area contributed by atoms with E-state index < -0.39 is 23.2 Å². The summed E-state index contributed by atoms with van der Waals surface area (Å²) in [6.07, 6.45) is 10.0. The largest absolute Gasteiger partial charge is 0.489 e. The van der Waals surface area contributed by atoms with Crippen LogP contribution in [0.3, 0.4) is 0 Å². The van der Waals surface area contributed by atoms with Crippen LogP contribution in [0.15, 0.2) is 73.2 Å². The van der Waals surface area contributed by atoms with Crippen molar-refractivity contribution in [3.63, 3.8) is 0 Å². The number of pyridine rings is 1. The first-order chi connectivity index (χ1) is 29.5. The number of rotatable bonds is 13. The van der Waals surface area contributed by atoms with Gasteiger partial charge >= 0.3 is 5.97 Å². The van der Waals surface area contributed by atoms with Gasteiger partial charge in [0, 0.05) is 59.1 Å². The van der Waals surface area contributed by atoms with Crippen LogP contribution in [0.1, 0.15) is 89.5 Å². The quantitative estimate of drug-likeness (QED) is 0.115. The second-order valence-corrected chi connectivity index (χ2v) is 19.7. The fourth-order valence-electron chi connectivity index (χ4n) is 8.38. The van der Waals surface area contributed by atoms with Crippen molar-refractivity contribution in [1.82, 2.24) is 25.0 Å². The van der Waals surface area contributed by atoms with Gasteiger partial charge in [0.25, 0.3) is 0 Å². The van der Waals surface area contributed by atoms with Gasteiger partial charge < -0.3 is 24.0 Å². The van der Waals surface area contributed by atoms with E-state index in [4.69, 9.17) is 42.5 Å². The molecule has 0 bridgehead atoms. The summed E-state index contributed by atoms with van der Waals surface area (Å²) in [5.74, 6) is 0.135. The number of halogens is 2. The minimum atomic E-state index is -0.758. The topological polar surface area (TPSA) is 118 Å². The summed E-state index contributed by atoms with van der Waals surface area (Å²) in [7, 11) is 2.23. The Hall–Kier alpha value is -4.70. The molecule has 5 aromatic rings. The zero-order valence-electron chi connectivity index (χ0n) is 37.1. The molecule has 1 atom stereocenters. The van der Waals surface area contributed by atoms with E-state index in [1.165, 1.54) is 45.0 Å². The van der Waals surface area contributed by atoms with E-state index in [2.05, 4.69) is 63.5 Å². The van der Waals surface area contributed by atoms with Gasteiger partial charge in [-0.05, 0) is 134 Å². The van der Waals surface area contributed by atoms with Crippen molar-refractivity contribution in [2.75, 3.05) is 44.7 Å². The van der Waals surface area contributed by atoms with Crippen LogP contribution >= 0.6 is 23.2 Å². The van der Waals surface area contributed by atoms with Crippen molar-refractivity contribution in [2.45, 2.75) is 104 Å². The van der Waals surface area contributed by atoms with Crippen LogP contribution in [0.25, 0.3) is 22.0 Å². The van der Waals surface area contributed by atoms with E-state index in [0.717, 1.165) is 62.5 Å². The van der Waals surface area contributed by atoms with Crippen molar-refractivity contribution in [3.8, 4) is 22.9 Å². The number of esters is 1. The van der Waals surface area contributed by atoms with E-state index in [-0.39, 0.29) is 19.8 Å². The highest BCUT2D eigenvalue weighted by Crippen LogP contribution is 2.45. The molecule has 2 aromatic heterocycles. The molecule has 2 aliphatic heterocycles. The molecule has 2 fully saturated rings. The number of hydrogen-bond acceptors (Lipinski definition) is 10. The average Bonchev–Trinajstić information content (AvgIpc) is 3.64. The Morgan fingerprint density at radius 1 is 0.903 bits per heavy atom. The minimum Gasteiger partial charge on any atom is -0.489 e. The van der Waals surface area contributed by atoms with Crippen molar-refractivity contribution in [3.05, 3.63) is 105 Å². The van der Waals surface area contributed by atoms with Gasteiger partial charge in [0.1, 0.15) is 30.1 Å². The molecule has 0 radical (unpaired) electrons. The summed E-state index contributed by atoms with van der Waals surface area (Å²) in [6.45, 7) is 16.6. The van der Waals surface area contributed by atoms with Gasteiger partial charge in [-0.25, -0.2) is 0 Å². The molecule has 62 heavy (non-hydrogen) atoms. The molecule has 1 spiro atoms. The Kier molecular flexibility index (Phi) is 13.9. The van der Waals surface area contributed by atoms with Crippen LogP contribution in [-0.4, -0.2) is 82.7 Å².